The van der Waals surface area contributed by atoms with E-state index in [1.54, 1.807) is 6.92 Å². The van der Waals surface area contributed by atoms with E-state index in [0.717, 1.165) is 26.1 Å². The predicted octanol–water partition coefficient (Wildman–Crippen LogP) is 2.45. The molecule has 144 valence electrons. The normalized spacial score (nSPS) is 24.8. The number of piperidine rings is 1. The minimum atomic E-state index is -1.28. The first kappa shape index (κ1) is 22.4. The highest BCUT2D eigenvalue weighted by molar-refractivity contribution is 6.18. The molecule has 1 heterocycles. The van der Waals surface area contributed by atoms with Crippen LogP contribution in [-0.4, -0.2) is 61.1 Å². The Morgan fingerprint density at radius 1 is 1.32 bits per heavy atom. The fourth-order valence-electron chi connectivity index (χ4n) is 3.01. The first-order chi connectivity index (χ1) is 11.9. The Hall–Kier alpha value is -0.690. The van der Waals surface area contributed by atoms with Crippen molar-refractivity contribution in [2.45, 2.75) is 44.8 Å². The Kier molecular flexibility index (Phi) is 9.94. The molecule has 0 aliphatic carbocycles. The van der Waals surface area contributed by atoms with Crippen molar-refractivity contribution >= 4 is 11.6 Å². The van der Waals surface area contributed by atoms with E-state index < -0.39 is 11.9 Å². The fraction of sp³-hybridized carbons (Fsp3) is 0.684. The van der Waals surface area contributed by atoms with Gasteiger partial charge in [0.1, 0.15) is 6.10 Å². The Labute approximate surface area is 157 Å². The molecule has 1 aliphatic heterocycles. The minimum Gasteiger partial charge on any atom is -0.368 e. The van der Waals surface area contributed by atoms with Gasteiger partial charge in [-0.25, -0.2) is 0 Å². The molecule has 1 aromatic rings. The number of rotatable bonds is 7. The van der Waals surface area contributed by atoms with Crippen molar-refractivity contribution in [3.63, 3.8) is 0 Å². The van der Waals surface area contributed by atoms with E-state index in [9.17, 15) is 5.11 Å². The highest BCUT2D eigenvalue weighted by Gasteiger charge is 2.34. The van der Waals surface area contributed by atoms with Gasteiger partial charge in [0.15, 0.2) is 5.79 Å². The van der Waals surface area contributed by atoms with Crippen molar-refractivity contribution < 1.29 is 14.6 Å². The van der Waals surface area contributed by atoms with Gasteiger partial charge in [0.25, 0.3) is 0 Å². The third-order valence-electron chi connectivity index (χ3n) is 4.61. The van der Waals surface area contributed by atoms with E-state index in [-0.39, 0.29) is 6.10 Å². The first-order valence-electron chi connectivity index (χ1n) is 8.77. The molecule has 0 aromatic heterocycles. The van der Waals surface area contributed by atoms with Gasteiger partial charge in [-0.2, -0.15) is 0 Å². The smallest absolute Gasteiger partial charge is 0.188 e. The topological polar surface area (TPSA) is 68.0 Å². The zero-order valence-corrected chi connectivity index (χ0v) is 16.6. The fourth-order valence-corrected chi connectivity index (χ4v) is 3.23. The Morgan fingerprint density at radius 2 is 1.96 bits per heavy atom. The molecule has 0 spiro atoms. The number of likely N-dealkylation sites (tertiary alicyclic amines) is 1. The van der Waals surface area contributed by atoms with Crippen LogP contribution in [0, 0.1) is 5.92 Å². The van der Waals surface area contributed by atoms with Crippen LogP contribution in [0.4, 0.5) is 0 Å². The average molecular weight is 373 g/mol. The lowest BCUT2D eigenvalue weighted by Crippen LogP contribution is -2.49. The molecule has 0 radical (unpaired) electrons. The number of hydrogen-bond acceptors (Lipinski definition) is 5. The zero-order chi connectivity index (χ0) is 18.9. The van der Waals surface area contributed by atoms with E-state index in [1.807, 2.05) is 13.0 Å². The van der Waals surface area contributed by atoms with Crippen LogP contribution in [-0.2, 0) is 16.0 Å². The summed E-state index contributed by atoms with van der Waals surface area (Å²) in [6.45, 7) is 6.18. The molecule has 2 rings (SSSR count). The Balaban J connectivity index is 0.00000151. The highest BCUT2D eigenvalue weighted by atomic mass is 35.5. The Bertz CT molecular complexity index is 473. The third-order valence-corrected chi connectivity index (χ3v) is 5.04. The summed E-state index contributed by atoms with van der Waals surface area (Å²) in [7, 11) is 2.99. The molecule has 6 heteroatoms. The van der Waals surface area contributed by atoms with Gasteiger partial charge < -0.3 is 20.3 Å². The molecule has 0 amide bonds. The van der Waals surface area contributed by atoms with Gasteiger partial charge in [0, 0.05) is 32.6 Å². The number of alkyl halides is 1. The van der Waals surface area contributed by atoms with Crippen molar-refractivity contribution in [2.24, 2.45) is 11.7 Å². The molecule has 0 saturated carbocycles. The van der Waals surface area contributed by atoms with E-state index in [2.05, 4.69) is 34.9 Å². The van der Waals surface area contributed by atoms with Gasteiger partial charge in [0.05, 0.1) is 6.10 Å². The van der Waals surface area contributed by atoms with Crippen LogP contribution in [0.1, 0.15) is 25.8 Å². The first-order valence-corrected chi connectivity index (χ1v) is 9.31. The second kappa shape index (κ2) is 11.1. The third kappa shape index (κ3) is 7.21. The molecule has 1 aliphatic rings. The summed E-state index contributed by atoms with van der Waals surface area (Å²) < 4.78 is 11.2. The minimum absolute atomic E-state index is 0.0489. The Morgan fingerprint density at radius 3 is 2.52 bits per heavy atom. The van der Waals surface area contributed by atoms with Crippen LogP contribution in [0.2, 0.25) is 0 Å². The number of ether oxygens (including phenoxy) is 2. The predicted molar refractivity (Wildman–Crippen MR) is 103 cm³/mol. The number of hydrogen-bond donors (Lipinski definition) is 2. The van der Waals surface area contributed by atoms with Gasteiger partial charge >= 0.3 is 0 Å². The summed E-state index contributed by atoms with van der Waals surface area (Å²) in [6, 6.07) is 10.4. The summed E-state index contributed by atoms with van der Waals surface area (Å²) in [6.07, 6.45) is 0.567. The number of nitrogens with zero attached hydrogens (tertiary/aromatic N) is 1. The van der Waals surface area contributed by atoms with Crippen LogP contribution in [0.3, 0.4) is 0 Å². The number of benzene rings is 1. The van der Waals surface area contributed by atoms with Gasteiger partial charge in [-0.3, -0.25) is 4.90 Å². The SMILES string of the molecule is CN.CO[C@@](C)(O)[C@H](C)O[C@H]1C[C@@H](CCl)CN(Cc2ccccc2)C1. The largest absolute Gasteiger partial charge is 0.368 e. The number of nitrogens with two attached hydrogens (primary N) is 1. The molecule has 0 bridgehead atoms. The summed E-state index contributed by atoms with van der Waals surface area (Å²) in [5.41, 5.74) is 5.79. The zero-order valence-electron chi connectivity index (χ0n) is 15.8. The van der Waals surface area contributed by atoms with Crippen LogP contribution < -0.4 is 5.73 Å². The highest BCUT2D eigenvalue weighted by Crippen LogP contribution is 2.25. The van der Waals surface area contributed by atoms with E-state index in [4.69, 9.17) is 21.1 Å². The molecule has 0 unspecified atom stereocenters. The van der Waals surface area contributed by atoms with Crippen molar-refractivity contribution in [3.05, 3.63) is 35.9 Å². The van der Waals surface area contributed by atoms with Crippen LogP contribution >= 0.6 is 11.6 Å². The van der Waals surface area contributed by atoms with Gasteiger partial charge in [0.2, 0.25) is 0 Å². The number of methoxy groups -OCH3 is 1. The van der Waals surface area contributed by atoms with Crippen LogP contribution in [0.25, 0.3) is 0 Å². The average Bonchev–Trinajstić information content (AvgIpc) is 2.64. The van der Waals surface area contributed by atoms with Gasteiger partial charge in [-0.15, -0.1) is 11.6 Å². The molecule has 3 N–H and O–H groups in total. The number of halogens is 1. The molecule has 4 atom stereocenters. The van der Waals surface area contributed by atoms with Crippen molar-refractivity contribution in [2.75, 3.05) is 33.1 Å². The quantitative estimate of drug-likeness (QED) is 0.568. The molecule has 1 fully saturated rings. The lowest BCUT2D eigenvalue weighted by atomic mass is 9.96. The second-order valence-corrected chi connectivity index (χ2v) is 6.90. The molecule has 5 nitrogen and oxygen atoms in total. The standard InChI is InChI=1S/C18H28ClNO3.CH5N/c1-14(18(2,21)22-3)23-17-9-16(10-19)12-20(13-17)11-15-7-5-4-6-8-15;1-2/h4-8,14,16-17,21H,9-13H2,1-3H3;2H2,1H3/t14-,16-,17-,18+;/m0./s1. The maximum atomic E-state index is 10.2. The monoisotopic (exact) mass is 372 g/mol. The summed E-state index contributed by atoms with van der Waals surface area (Å²) in [5, 5.41) is 10.2. The second-order valence-electron chi connectivity index (χ2n) is 6.59. The molecule has 25 heavy (non-hydrogen) atoms. The van der Waals surface area contributed by atoms with Crippen molar-refractivity contribution in [1.82, 2.24) is 4.90 Å². The molecule has 1 saturated heterocycles. The maximum Gasteiger partial charge on any atom is 0.188 e. The lowest BCUT2D eigenvalue weighted by Gasteiger charge is -2.40. The summed E-state index contributed by atoms with van der Waals surface area (Å²) in [5.74, 6) is -0.253. The molecule has 1 aromatic carbocycles. The lowest BCUT2D eigenvalue weighted by molar-refractivity contribution is -0.251. The number of aliphatic hydroxyl groups is 1. The van der Waals surface area contributed by atoms with Crippen molar-refractivity contribution in [3.8, 4) is 0 Å². The summed E-state index contributed by atoms with van der Waals surface area (Å²) in [4.78, 5) is 2.38. The van der Waals surface area contributed by atoms with E-state index in [1.165, 1.54) is 19.7 Å². The van der Waals surface area contributed by atoms with Crippen molar-refractivity contribution in [1.29, 1.82) is 0 Å². The van der Waals surface area contributed by atoms with E-state index >= 15 is 0 Å². The van der Waals surface area contributed by atoms with Gasteiger partial charge in [-0.1, -0.05) is 30.3 Å². The van der Waals surface area contributed by atoms with Crippen LogP contribution in [0.5, 0.6) is 0 Å². The van der Waals surface area contributed by atoms with E-state index in [0.29, 0.717) is 11.8 Å². The maximum absolute atomic E-state index is 10.2. The summed E-state index contributed by atoms with van der Waals surface area (Å²) >= 11 is 6.11. The van der Waals surface area contributed by atoms with Crippen LogP contribution in [0.15, 0.2) is 30.3 Å². The molecular formula is C19H33ClN2O3. The van der Waals surface area contributed by atoms with Gasteiger partial charge in [-0.05, 0) is 38.8 Å². The molecular weight excluding hydrogens is 340 g/mol.